The fourth-order valence-corrected chi connectivity index (χ4v) is 4.86. The van der Waals surface area contributed by atoms with Gasteiger partial charge in [-0.25, -0.2) is 6.57 Å². The molecule has 3 amide bonds. The average Bonchev–Trinajstić information content (AvgIpc) is 3.35. The molecule has 1 fully saturated rings. The lowest BCUT2D eigenvalue weighted by molar-refractivity contribution is -0.136. The summed E-state index contributed by atoms with van der Waals surface area (Å²) >= 11 is 0. The number of carbonyl (C=O) groups excluding carboxylic acids is 3. The molecule has 4 rings (SSSR count). The fraction of sp³-hybridized carbons (Fsp3) is 0.400. The Labute approximate surface area is 193 Å². The van der Waals surface area contributed by atoms with Crippen LogP contribution in [0.25, 0.3) is 4.85 Å². The van der Waals surface area contributed by atoms with E-state index in [4.69, 9.17) is 6.57 Å². The molecule has 1 aromatic carbocycles. The normalized spacial score (nSPS) is 22.1. The Morgan fingerprint density at radius 1 is 1.27 bits per heavy atom. The molecule has 2 aliphatic rings. The summed E-state index contributed by atoms with van der Waals surface area (Å²) in [7, 11) is 1.62. The van der Waals surface area contributed by atoms with E-state index in [2.05, 4.69) is 15.1 Å². The van der Waals surface area contributed by atoms with Crippen molar-refractivity contribution in [2.45, 2.75) is 44.3 Å². The quantitative estimate of drug-likeness (QED) is 0.717. The maximum atomic E-state index is 13.8. The van der Waals surface area contributed by atoms with Gasteiger partial charge in [-0.15, -0.1) is 0 Å². The highest BCUT2D eigenvalue weighted by Gasteiger charge is 2.59. The first kappa shape index (κ1) is 22.5. The molecule has 8 heteroatoms. The van der Waals surface area contributed by atoms with Crippen LogP contribution in [0.5, 0.6) is 0 Å². The molecule has 3 atom stereocenters. The highest BCUT2D eigenvalue weighted by molar-refractivity contribution is 6.07. The van der Waals surface area contributed by atoms with Gasteiger partial charge in [0.2, 0.25) is 5.91 Å². The van der Waals surface area contributed by atoms with Gasteiger partial charge in [0.1, 0.15) is 11.5 Å². The molecule has 1 spiro atoms. The molecule has 3 heterocycles. The number of hydrogen-bond donors (Lipinski definition) is 1. The van der Waals surface area contributed by atoms with Crippen LogP contribution in [0.4, 0.5) is 5.69 Å². The molecule has 1 saturated heterocycles. The molecule has 1 aromatic heterocycles. The summed E-state index contributed by atoms with van der Waals surface area (Å²) in [6, 6.07) is 9.91. The Kier molecular flexibility index (Phi) is 5.90. The highest BCUT2D eigenvalue weighted by Crippen LogP contribution is 2.47. The second kappa shape index (κ2) is 8.66. The lowest BCUT2D eigenvalue weighted by Gasteiger charge is -2.32. The van der Waals surface area contributed by atoms with Crippen molar-refractivity contribution in [1.29, 1.82) is 0 Å². The zero-order chi connectivity index (χ0) is 23.8. The number of likely N-dealkylation sites (N-methyl/N-ethyl adjacent to an activating group) is 1. The van der Waals surface area contributed by atoms with Crippen molar-refractivity contribution in [2.75, 3.05) is 18.9 Å². The Balaban J connectivity index is 1.66. The maximum Gasteiger partial charge on any atom is 0.302 e. The molecular formula is C25H27N5O3. The Bertz CT molecular complexity index is 1130. The van der Waals surface area contributed by atoms with Crippen molar-refractivity contribution >= 4 is 23.4 Å². The van der Waals surface area contributed by atoms with Gasteiger partial charge in [-0.05, 0) is 36.1 Å². The zero-order valence-corrected chi connectivity index (χ0v) is 19.0. The highest BCUT2D eigenvalue weighted by atomic mass is 16.2. The van der Waals surface area contributed by atoms with Crippen molar-refractivity contribution in [3.8, 4) is 0 Å². The Morgan fingerprint density at radius 2 is 1.97 bits per heavy atom. The number of aromatic nitrogens is 1. The zero-order valence-electron chi connectivity index (χ0n) is 19.0. The van der Waals surface area contributed by atoms with Crippen molar-refractivity contribution in [3.63, 3.8) is 0 Å². The number of anilines is 1. The van der Waals surface area contributed by atoms with Gasteiger partial charge in [0.15, 0.2) is 0 Å². The topological polar surface area (TPSA) is 87.0 Å². The van der Waals surface area contributed by atoms with E-state index in [9.17, 15) is 14.4 Å². The smallest absolute Gasteiger partial charge is 0.302 e. The van der Waals surface area contributed by atoms with Crippen LogP contribution in [0.2, 0.25) is 0 Å². The number of likely N-dealkylation sites (tertiary alicyclic amines) is 1. The molecule has 0 bridgehead atoms. The maximum absolute atomic E-state index is 13.8. The van der Waals surface area contributed by atoms with Gasteiger partial charge >= 0.3 is 6.17 Å². The van der Waals surface area contributed by atoms with Crippen LogP contribution in [0.15, 0.2) is 48.8 Å². The van der Waals surface area contributed by atoms with E-state index in [-0.39, 0.29) is 36.6 Å². The standard InChI is InChI=1S/C25H27N5O3/c1-16(2)13-20(29(4)22(31)17-9-11-27-12-10-17)23(32)30-15-25(14-21(30)26-3)18-7-5-6-8-19(18)28-24(25)33/h5-12,16,20-21H,13-15H2,1-2,4H3,(H,28,33)/t20-,21-,25-/m0/s1. The number of fused-ring (bicyclic) bond motifs is 2. The largest absolute Gasteiger partial charge is 0.330 e. The van der Waals surface area contributed by atoms with Crippen LogP contribution < -0.4 is 5.32 Å². The van der Waals surface area contributed by atoms with E-state index in [0.717, 1.165) is 11.3 Å². The predicted molar refractivity (Wildman–Crippen MR) is 123 cm³/mol. The molecule has 0 radical (unpaired) electrons. The van der Waals surface area contributed by atoms with Gasteiger partial charge in [-0.3, -0.25) is 29.1 Å². The molecule has 2 aromatic rings. The van der Waals surface area contributed by atoms with E-state index in [0.29, 0.717) is 12.0 Å². The third-order valence-electron chi connectivity index (χ3n) is 6.58. The fourth-order valence-electron chi connectivity index (χ4n) is 4.86. The van der Waals surface area contributed by atoms with Gasteiger partial charge in [-0.1, -0.05) is 32.0 Å². The van der Waals surface area contributed by atoms with Crippen LogP contribution in [0.3, 0.4) is 0 Å². The monoisotopic (exact) mass is 445 g/mol. The number of nitrogens with one attached hydrogen (secondary N) is 1. The van der Waals surface area contributed by atoms with Crippen molar-refractivity contribution in [2.24, 2.45) is 5.92 Å². The molecule has 8 nitrogen and oxygen atoms in total. The number of amides is 3. The van der Waals surface area contributed by atoms with Gasteiger partial charge in [0.05, 0.1) is 6.42 Å². The molecule has 0 aliphatic carbocycles. The van der Waals surface area contributed by atoms with Crippen molar-refractivity contribution in [1.82, 2.24) is 14.8 Å². The van der Waals surface area contributed by atoms with E-state index in [1.165, 1.54) is 22.2 Å². The molecule has 1 N–H and O–H groups in total. The summed E-state index contributed by atoms with van der Waals surface area (Å²) in [5.74, 6) is -0.628. The molecule has 2 aliphatic heterocycles. The van der Waals surface area contributed by atoms with E-state index < -0.39 is 17.6 Å². The van der Waals surface area contributed by atoms with Gasteiger partial charge < -0.3 is 10.2 Å². The SMILES string of the molecule is [C-]#[N+][C@@H]1C[C@@]2(CN1C(=O)[C@H](CC(C)C)N(C)C(=O)c1ccncc1)C(=O)Nc1ccccc12. The lowest BCUT2D eigenvalue weighted by atomic mass is 9.80. The van der Waals surface area contributed by atoms with Crippen LogP contribution in [-0.2, 0) is 15.0 Å². The van der Waals surface area contributed by atoms with Crippen molar-refractivity contribution in [3.05, 3.63) is 71.3 Å². The molecule has 0 saturated carbocycles. The Hall–Kier alpha value is -3.73. The van der Waals surface area contributed by atoms with Gasteiger partial charge in [0, 0.05) is 37.2 Å². The van der Waals surface area contributed by atoms with Gasteiger partial charge in [0.25, 0.3) is 11.8 Å². The minimum Gasteiger partial charge on any atom is -0.330 e. The third-order valence-corrected chi connectivity index (χ3v) is 6.58. The van der Waals surface area contributed by atoms with E-state index in [1.807, 2.05) is 38.1 Å². The summed E-state index contributed by atoms with van der Waals surface area (Å²) in [6.45, 7) is 11.8. The number of hydrogen-bond acceptors (Lipinski definition) is 4. The molecule has 0 unspecified atom stereocenters. The number of para-hydroxylation sites is 1. The first-order valence-electron chi connectivity index (χ1n) is 11.0. The lowest BCUT2D eigenvalue weighted by Crippen LogP contribution is -2.51. The molecule has 33 heavy (non-hydrogen) atoms. The second-order valence-corrected chi connectivity index (χ2v) is 9.16. The van der Waals surface area contributed by atoms with Gasteiger partial charge in [-0.2, -0.15) is 0 Å². The Morgan fingerprint density at radius 3 is 2.64 bits per heavy atom. The van der Waals surface area contributed by atoms with Crippen molar-refractivity contribution < 1.29 is 14.4 Å². The second-order valence-electron chi connectivity index (χ2n) is 9.16. The molecular weight excluding hydrogens is 418 g/mol. The summed E-state index contributed by atoms with van der Waals surface area (Å²) in [6.07, 6.45) is 2.99. The predicted octanol–water partition coefficient (Wildman–Crippen LogP) is 2.94. The number of pyridine rings is 1. The average molecular weight is 446 g/mol. The number of benzene rings is 1. The summed E-state index contributed by atoms with van der Waals surface area (Å²) < 4.78 is 0. The van der Waals surface area contributed by atoms with Crippen LogP contribution in [-0.4, -0.2) is 58.3 Å². The third kappa shape index (κ3) is 3.84. The van der Waals surface area contributed by atoms with Crippen LogP contribution >= 0.6 is 0 Å². The van der Waals surface area contributed by atoms with E-state index in [1.54, 1.807) is 19.2 Å². The minimum atomic E-state index is -0.947. The van der Waals surface area contributed by atoms with Crippen LogP contribution in [0, 0.1) is 12.5 Å². The first-order chi connectivity index (χ1) is 15.8. The number of nitrogens with zero attached hydrogens (tertiary/aromatic N) is 4. The first-order valence-corrected chi connectivity index (χ1v) is 11.0. The number of rotatable bonds is 5. The summed E-state index contributed by atoms with van der Waals surface area (Å²) in [5, 5.41) is 2.91. The number of carbonyl (C=O) groups is 3. The van der Waals surface area contributed by atoms with Crippen LogP contribution in [0.1, 0.15) is 42.6 Å². The summed E-state index contributed by atoms with van der Waals surface area (Å²) in [4.78, 5) is 50.6. The molecule has 170 valence electrons. The minimum absolute atomic E-state index is 0.119. The summed E-state index contributed by atoms with van der Waals surface area (Å²) in [5.41, 5.74) is 1.04. The van der Waals surface area contributed by atoms with E-state index >= 15 is 0 Å².